The number of nitro groups is 1. The lowest BCUT2D eigenvalue weighted by Crippen LogP contribution is -1.95. The normalized spacial score (nSPS) is 10.4. The molecule has 0 bridgehead atoms. The number of nitro benzene ring substituents is 1. The van der Waals surface area contributed by atoms with Crippen LogP contribution in [-0.4, -0.2) is 22.0 Å². The lowest BCUT2D eigenvalue weighted by atomic mass is 10.2. The first kappa shape index (κ1) is 18.7. The predicted octanol–water partition coefficient (Wildman–Crippen LogP) is 4.79. The molecule has 0 aliphatic carbocycles. The van der Waals surface area contributed by atoms with E-state index in [4.69, 9.17) is 9.47 Å². The Labute approximate surface area is 160 Å². The van der Waals surface area contributed by atoms with Crippen molar-refractivity contribution < 1.29 is 14.4 Å². The van der Waals surface area contributed by atoms with Crippen LogP contribution >= 0.6 is 11.8 Å². The molecule has 0 aliphatic rings. The maximum Gasteiger partial charge on any atom is 0.269 e. The van der Waals surface area contributed by atoms with Gasteiger partial charge in [-0.2, -0.15) is 4.98 Å². The summed E-state index contributed by atoms with van der Waals surface area (Å²) in [5, 5.41) is 11.4. The number of aromatic nitrogens is 2. The zero-order valence-electron chi connectivity index (χ0n) is 14.8. The molecular formula is C19H17N3O4S. The Balaban J connectivity index is 1.71. The first-order valence-corrected chi connectivity index (χ1v) is 9.06. The molecule has 0 unspecified atom stereocenters. The fourth-order valence-corrected chi connectivity index (χ4v) is 3.14. The summed E-state index contributed by atoms with van der Waals surface area (Å²) in [4.78, 5) is 19.3. The van der Waals surface area contributed by atoms with Crippen LogP contribution in [0.5, 0.6) is 17.4 Å². The van der Waals surface area contributed by atoms with Crippen LogP contribution in [0.4, 0.5) is 5.69 Å². The van der Waals surface area contributed by atoms with Gasteiger partial charge in [-0.05, 0) is 36.8 Å². The third-order valence-corrected chi connectivity index (χ3v) is 4.50. The maximum absolute atomic E-state index is 10.9. The van der Waals surface area contributed by atoms with Crippen LogP contribution in [0, 0.1) is 17.0 Å². The zero-order chi connectivity index (χ0) is 19.2. The van der Waals surface area contributed by atoms with Crippen molar-refractivity contribution in [1.82, 2.24) is 9.97 Å². The van der Waals surface area contributed by atoms with Crippen molar-refractivity contribution in [2.45, 2.75) is 17.8 Å². The number of hydrogen-bond acceptors (Lipinski definition) is 7. The molecule has 0 N–H and O–H groups in total. The molecule has 7 nitrogen and oxygen atoms in total. The summed E-state index contributed by atoms with van der Waals surface area (Å²) in [6.45, 7) is 1.86. The van der Waals surface area contributed by atoms with E-state index in [1.165, 1.54) is 17.8 Å². The molecule has 138 valence electrons. The quantitative estimate of drug-likeness (QED) is 0.251. The highest BCUT2D eigenvalue weighted by Gasteiger charge is 2.09. The minimum Gasteiger partial charge on any atom is -0.497 e. The van der Waals surface area contributed by atoms with E-state index in [1.54, 1.807) is 49.6 Å². The predicted molar refractivity (Wildman–Crippen MR) is 102 cm³/mol. The van der Waals surface area contributed by atoms with Gasteiger partial charge in [0.2, 0.25) is 5.88 Å². The maximum atomic E-state index is 10.9. The van der Waals surface area contributed by atoms with E-state index in [2.05, 4.69) is 9.97 Å². The van der Waals surface area contributed by atoms with Crippen molar-refractivity contribution in [1.29, 1.82) is 0 Å². The molecule has 0 fully saturated rings. The lowest BCUT2D eigenvalue weighted by molar-refractivity contribution is -0.384. The number of nitrogens with zero attached hydrogens (tertiary/aromatic N) is 3. The first-order valence-electron chi connectivity index (χ1n) is 8.07. The summed E-state index contributed by atoms with van der Waals surface area (Å²) in [7, 11) is 1.61. The van der Waals surface area contributed by atoms with Gasteiger partial charge in [0.15, 0.2) is 5.16 Å². The van der Waals surface area contributed by atoms with Gasteiger partial charge in [0, 0.05) is 29.6 Å². The van der Waals surface area contributed by atoms with Crippen LogP contribution in [0.25, 0.3) is 0 Å². The molecule has 1 aromatic heterocycles. The van der Waals surface area contributed by atoms with Crippen LogP contribution < -0.4 is 9.47 Å². The highest BCUT2D eigenvalue weighted by molar-refractivity contribution is 7.98. The zero-order valence-corrected chi connectivity index (χ0v) is 15.6. The Morgan fingerprint density at radius 2 is 1.81 bits per heavy atom. The molecule has 0 spiro atoms. The highest BCUT2D eigenvalue weighted by Crippen LogP contribution is 2.27. The summed E-state index contributed by atoms with van der Waals surface area (Å²) >= 11 is 1.39. The molecule has 2 aromatic carbocycles. The second-order valence-electron chi connectivity index (χ2n) is 5.62. The molecule has 1 heterocycles. The molecule has 0 atom stereocenters. The summed E-state index contributed by atoms with van der Waals surface area (Å²) in [5.41, 5.74) is 1.67. The van der Waals surface area contributed by atoms with E-state index in [1.807, 2.05) is 13.0 Å². The Bertz CT molecular complexity index is 948. The summed E-state index contributed by atoms with van der Waals surface area (Å²) in [6.07, 6.45) is 0. The SMILES string of the molecule is COc1ccc(Oc2cc(C)nc(SCc3cccc([N+](=O)[O-])c3)n2)cc1. The van der Waals surface area contributed by atoms with E-state index in [9.17, 15) is 10.1 Å². The van der Waals surface area contributed by atoms with Crippen molar-refractivity contribution in [2.75, 3.05) is 7.11 Å². The monoisotopic (exact) mass is 383 g/mol. The van der Waals surface area contributed by atoms with E-state index in [-0.39, 0.29) is 5.69 Å². The molecule has 0 saturated heterocycles. The van der Waals surface area contributed by atoms with Gasteiger partial charge in [-0.3, -0.25) is 10.1 Å². The van der Waals surface area contributed by atoms with Gasteiger partial charge >= 0.3 is 0 Å². The number of rotatable bonds is 7. The fourth-order valence-electron chi connectivity index (χ4n) is 2.30. The van der Waals surface area contributed by atoms with Crippen molar-refractivity contribution >= 4 is 17.4 Å². The van der Waals surface area contributed by atoms with E-state index >= 15 is 0 Å². The van der Waals surface area contributed by atoms with Crippen LogP contribution in [-0.2, 0) is 5.75 Å². The van der Waals surface area contributed by atoms with Gasteiger partial charge in [-0.1, -0.05) is 23.9 Å². The number of methoxy groups -OCH3 is 1. The van der Waals surface area contributed by atoms with E-state index in [0.29, 0.717) is 22.5 Å². The number of non-ortho nitro benzene ring substituents is 1. The van der Waals surface area contributed by atoms with Gasteiger partial charge in [0.1, 0.15) is 11.5 Å². The standard InChI is InChI=1S/C19H17N3O4S/c1-13-10-18(26-17-8-6-16(25-2)7-9-17)21-19(20-13)27-12-14-4-3-5-15(11-14)22(23)24/h3-11H,12H2,1-2H3. The molecule has 3 rings (SSSR count). The smallest absolute Gasteiger partial charge is 0.269 e. The first-order chi connectivity index (χ1) is 13.0. The summed E-state index contributed by atoms with van der Waals surface area (Å²) in [6, 6.07) is 15.5. The van der Waals surface area contributed by atoms with Gasteiger partial charge in [-0.15, -0.1) is 0 Å². The number of ether oxygens (including phenoxy) is 2. The average molecular weight is 383 g/mol. The third-order valence-electron chi connectivity index (χ3n) is 3.58. The average Bonchev–Trinajstić information content (AvgIpc) is 2.67. The van der Waals surface area contributed by atoms with Crippen LogP contribution in [0.2, 0.25) is 0 Å². The van der Waals surface area contributed by atoms with Gasteiger partial charge in [0.25, 0.3) is 5.69 Å². The second kappa shape index (κ2) is 8.50. The number of benzene rings is 2. The Kier molecular flexibility index (Phi) is 5.87. The summed E-state index contributed by atoms with van der Waals surface area (Å²) < 4.78 is 10.9. The number of thioether (sulfide) groups is 1. The number of aryl methyl sites for hydroxylation is 1. The van der Waals surface area contributed by atoms with Gasteiger partial charge in [-0.25, -0.2) is 4.98 Å². The van der Waals surface area contributed by atoms with Crippen LogP contribution in [0.3, 0.4) is 0 Å². The Morgan fingerprint density at radius 1 is 1.07 bits per heavy atom. The second-order valence-corrected chi connectivity index (χ2v) is 6.57. The third kappa shape index (κ3) is 5.18. The van der Waals surface area contributed by atoms with Crippen molar-refractivity contribution in [2.24, 2.45) is 0 Å². The Hall–Kier alpha value is -3.13. The topological polar surface area (TPSA) is 87.4 Å². The van der Waals surface area contributed by atoms with Crippen LogP contribution in [0.15, 0.2) is 59.8 Å². The molecule has 0 amide bonds. The lowest BCUT2D eigenvalue weighted by Gasteiger charge is -2.08. The van der Waals surface area contributed by atoms with E-state index in [0.717, 1.165) is 17.0 Å². The van der Waals surface area contributed by atoms with Crippen molar-refractivity contribution in [3.8, 4) is 17.4 Å². The van der Waals surface area contributed by atoms with Crippen molar-refractivity contribution in [3.05, 3.63) is 76.0 Å². The van der Waals surface area contributed by atoms with Gasteiger partial charge in [0.05, 0.1) is 12.0 Å². The highest BCUT2D eigenvalue weighted by atomic mass is 32.2. The molecule has 0 saturated carbocycles. The largest absolute Gasteiger partial charge is 0.497 e. The molecule has 8 heteroatoms. The fraction of sp³-hybridized carbons (Fsp3) is 0.158. The minimum atomic E-state index is -0.405. The summed E-state index contributed by atoms with van der Waals surface area (Å²) in [5.74, 6) is 2.35. The molecule has 27 heavy (non-hydrogen) atoms. The molecule has 0 radical (unpaired) electrons. The van der Waals surface area contributed by atoms with Crippen molar-refractivity contribution in [3.63, 3.8) is 0 Å². The molecule has 3 aromatic rings. The van der Waals surface area contributed by atoms with Crippen LogP contribution in [0.1, 0.15) is 11.3 Å². The Morgan fingerprint density at radius 3 is 2.52 bits per heavy atom. The molecular weight excluding hydrogens is 366 g/mol. The van der Waals surface area contributed by atoms with Gasteiger partial charge < -0.3 is 9.47 Å². The van der Waals surface area contributed by atoms with E-state index < -0.39 is 4.92 Å². The minimum absolute atomic E-state index is 0.0711. The number of hydrogen-bond donors (Lipinski definition) is 0. The molecule has 0 aliphatic heterocycles.